The maximum absolute atomic E-state index is 12.0. The summed E-state index contributed by atoms with van der Waals surface area (Å²) in [5.74, 6) is 1.45. The van der Waals surface area contributed by atoms with Crippen LogP contribution in [0.1, 0.15) is 18.1 Å². The highest BCUT2D eigenvalue weighted by Crippen LogP contribution is 2.22. The lowest BCUT2D eigenvalue weighted by molar-refractivity contribution is -0.120. The maximum Gasteiger partial charge on any atom is 0.224 e. The minimum atomic E-state index is -0.0546. The van der Waals surface area contributed by atoms with Crippen LogP contribution in [0.2, 0.25) is 5.02 Å². The molecule has 1 amide bonds. The number of rotatable bonds is 7. The van der Waals surface area contributed by atoms with Gasteiger partial charge in [-0.15, -0.1) is 0 Å². The van der Waals surface area contributed by atoms with Gasteiger partial charge >= 0.3 is 0 Å². The molecule has 5 heteroatoms. The number of amides is 1. The molecule has 122 valence electrons. The van der Waals surface area contributed by atoms with Crippen molar-refractivity contribution < 1.29 is 14.3 Å². The minimum absolute atomic E-state index is 0.0546. The summed E-state index contributed by atoms with van der Waals surface area (Å²) in [5, 5.41) is 3.44. The second kappa shape index (κ2) is 8.44. The van der Waals surface area contributed by atoms with Crippen molar-refractivity contribution in [2.45, 2.75) is 19.9 Å². The van der Waals surface area contributed by atoms with Gasteiger partial charge in [0, 0.05) is 11.6 Å². The summed E-state index contributed by atoms with van der Waals surface area (Å²) in [6, 6.07) is 12.9. The van der Waals surface area contributed by atoms with E-state index in [-0.39, 0.29) is 5.91 Å². The number of carbonyl (C=O) groups excluding carboxylic acids is 1. The van der Waals surface area contributed by atoms with Crippen molar-refractivity contribution in [2.24, 2.45) is 0 Å². The molecule has 0 saturated carbocycles. The van der Waals surface area contributed by atoms with E-state index >= 15 is 0 Å². The Bertz CT molecular complexity index is 656. The number of ether oxygens (including phenoxy) is 2. The van der Waals surface area contributed by atoms with E-state index < -0.39 is 0 Å². The summed E-state index contributed by atoms with van der Waals surface area (Å²) in [6.07, 6.45) is 0.320. The van der Waals surface area contributed by atoms with Gasteiger partial charge in [0.2, 0.25) is 5.91 Å². The predicted molar refractivity (Wildman–Crippen MR) is 91.2 cm³/mol. The lowest BCUT2D eigenvalue weighted by Gasteiger charge is -2.09. The molecule has 0 aliphatic heterocycles. The SMILES string of the molecule is CCOc1ccc(CC(=O)NCc2ccc(OC)cc2Cl)cc1. The topological polar surface area (TPSA) is 47.6 Å². The standard InChI is InChI=1S/C18H20ClNO3/c1-3-23-15-7-4-13(5-8-15)10-18(21)20-12-14-6-9-16(22-2)11-17(14)19/h4-9,11H,3,10,12H2,1-2H3,(H,20,21). The van der Waals surface area contributed by atoms with E-state index in [1.807, 2.05) is 43.3 Å². The first-order valence-corrected chi connectivity index (χ1v) is 7.81. The molecular formula is C18H20ClNO3. The Morgan fingerprint density at radius 1 is 1.13 bits per heavy atom. The normalized spacial score (nSPS) is 10.2. The van der Waals surface area contributed by atoms with Gasteiger partial charge in [-0.3, -0.25) is 4.79 Å². The predicted octanol–water partition coefficient (Wildman–Crippen LogP) is 3.61. The van der Waals surface area contributed by atoms with E-state index in [9.17, 15) is 4.79 Å². The summed E-state index contributed by atoms with van der Waals surface area (Å²) in [6.45, 7) is 2.95. The number of carbonyl (C=O) groups is 1. The second-order valence-corrected chi connectivity index (χ2v) is 5.40. The Morgan fingerprint density at radius 2 is 1.83 bits per heavy atom. The minimum Gasteiger partial charge on any atom is -0.497 e. The molecule has 0 unspecified atom stereocenters. The zero-order chi connectivity index (χ0) is 16.7. The van der Waals surface area contributed by atoms with Gasteiger partial charge in [-0.25, -0.2) is 0 Å². The molecule has 0 radical (unpaired) electrons. The Hall–Kier alpha value is -2.20. The number of methoxy groups -OCH3 is 1. The fourth-order valence-corrected chi connectivity index (χ4v) is 2.35. The van der Waals surface area contributed by atoms with E-state index in [0.29, 0.717) is 30.3 Å². The third-order valence-corrected chi connectivity index (χ3v) is 3.69. The Kier molecular flexibility index (Phi) is 6.29. The first-order chi connectivity index (χ1) is 11.1. The van der Waals surface area contributed by atoms with Gasteiger partial charge in [0.05, 0.1) is 20.1 Å². The third kappa shape index (κ3) is 5.18. The van der Waals surface area contributed by atoms with Crippen molar-refractivity contribution >= 4 is 17.5 Å². The van der Waals surface area contributed by atoms with Crippen LogP contribution in [-0.2, 0) is 17.8 Å². The van der Waals surface area contributed by atoms with E-state index in [2.05, 4.69) is 5.32 Å². The summed E-state index contributed by atoms with van der Waals surface area (Å²) in [7, 11) is 1.59. The number of hydrogen-bond donors (Lipinski definition) is 1. The number of benzene rings is 2. The molecule has 0 bridgehead atoms. The Morgan fingerprint density at radius 3 is 2.43 bits per heavy atom. The van der Waals surface area contributed by atoms with Crippen LogP contribution in [0.3, 0.4) is 0 Å². The molecule has 0 heterocycles. The van der Waals surface area contributed by atoms with E-state index in [4.69, 9.17) is 21.1 Å². The van der Waals surface area contributed by atoms with Crippen LogP contribution < -0.4 is 14.8 Å². The molecular weight excluding hydrogens is 314 g/mol. The molecule has 0 aliphatic rings. The van der Waals surface area contributed by atoms with Crippen LogP contribution in [0.4, 0.5) is 0 Å². The summed E-state index contributed by atoms with van der Waals surface area (Å²) in [4.78, 5) is 12.0. The van der Waals surface area contributed by atoms with E-state index in [0.717, 1.165) is 16.9 Å². The average molecular weight is 334 g/mol. The van der Waals surface area contributed by atoms with Crippen LogP contribution in [0.15, 0.2) is 42.5 Å². The highest BCUT2D eigenvalue weighted by atomic mass is 35.5. The van der Waals surface area contributed by atoms with Crippen LogP contribution in [0.5, 0.6) is 11.5 Å². The van der Waals surface area contributed by atoms with Crippen molar-refractivity contribution in [3.63, 3.8) is 0 Å². The van der Waals surface area contributed by atoms with Crippen LogP contribution in [0.25, 0.3) is 0 Å². The molecule has 0 spiro atoms. The summed E-state index contributed by atoms with van der Waals surface area (Å²) < 4.78 is 10.5. The van der Waals surface area contributed by atoms with E-state index in [1.54, 1.807) is 13.2 Å². The monoisotopic (exact) mass is 333 g/mol. The lowest BCUT2D eigenvalue weighted by Crippen LogP contribution is -2.24. The van der Waals surface area contributed by atoms with Gasteiger partial charge in [0.1, 0.15) is 11.5 Å². The van der Waals surface area contributed by atoms with Gasteiger partial charge in [0.15, 0.2) is 0 Å². The molecule has 4 nitrogen and oxygen atoms in total. The molecule has 2 rings (SSSR count). The zero-order valence-electron chi connectivity index (χ0n) is 13.3. The van der Waals surface area contributed by atoms with Gasteiger partial charge in [-0.05, 0) is 42.3 Å². The lowest BCUT2D eigenvalue weighted by atomic mass is 10.1. The molecule has 0 aromatic heterocycles. The van der Waals surface area contributed by atoms with Crippen molar-refractivity contribution in [1.82, 2.24) is 5.32 Å². The van der Waals surface area contributed by atoms with Gasteiger partial charge < -0.3 is 14.8 Å². The largest absolute Gasteiger partial charge is 0.497 e. The average Bonchev–Trinajstić information content (AvgIpc) is 2.55. The highest BCUT2D eigenvalue weighted by molar-refractivity contribution is 6.31. The molecule has 0 aliphatic carbocycles. The van der Waals surface area contributed by atoms with Gasteiger partial charge in [-0.1, -0.05) is 29.8 Å². The van der Waals surface area contributed by atoms with Gasteiger partial charge in [0.25, 0.3) is 0 Å². The van der Waals surface area contributed by atoms with Crippen LogP contribution in [-0.4, -0.2) is 19.6 Å². The summed E-state index contributed by atoms with van der Waals surface area (Å²) in [5.41, 5.74) is 1.79. The first-order valence-electron chi connectivity index (χ1n) is 7.43. The molecule has 0 atom stereocenters. The summed E-state index contributed by atoms with van der Waals surface area (Å²) >= 11 is 6.15. The maximum atomic E-state index is 12.0. The molecule has 0 saturated heterocycles. The zero-order valence-corrected chi connectivity index (χ0v) is 14.0. The first kappa shape index (κ1) is 17.2. The fourth-order valence-electron chi connectivity index (χ4n) is 2.11. The Labute approximate surface area is 141 Å². The number of nitrogens with one attached hydrogen (secondary N) is 1. The van der Waals surface area contributed by atoms with Crippen LogP contribution >= 0.6 is 11.6 Å². The van der Waals surface area contributed by atoms with Crippen LogP contribution in [0, 0.1) is 0 Å². The van der Waals surface area contributed by atoms with Crippen molar-refractivity contribution in [3.05, 3.63) is 58.6 Å². The third-order valence-electron chi connectivity index (χ3n) is 3.34. The van der Waals surface area contributed by atoms with Crippen molar-refractivity contribution in [2.75, 3.05) is 13.7 Å². The molecule has 2 aromatic carbocycles. The number of halogens is 1. The smallest absolute Gasteiger partial charge is 0.224 e. The van der Waals surface area contributed by atoms with Crippen molar-refractivity contribution in [3.8, 4) is 11.5 Å². The molecule has 23 heavy (non-hydrogen) atoms. The molecule has 0 fully saturated rings. The Balaban J connectivity index is 1.87. The second-order valence-electron chi connectivity index (χ2n) is 4.99. The van der Waals surface area contributed by atoms with E-state index in [1.165, 1.54) is 0 Å². The highest BCUT2D eigenvalue weighted by Gasteiger charge is 2.06. The molecule has 1 N–H and O–H groups in total. The van der Waals surface area contributed by atoms with Crippen molar-refractivity contribution in [1.29, 1.82) is 0 Å². The van der Waals surface area contributed by atoms with Gasteiger partial charge in [-0.2, -0.15) is 0 Å². The quantitative estimate of drug-likeness (QED) is 0.842. The fraction of sp³-hybridized carbons (Fsp3) is 0.278. The number of hydrogen-bond acceptors (Lipinski definition) is 3. The molecule has 2 aromatic rings.